The van der Waals surface area contributed by atoms with Crippen molar-refractivity contribution < 1.29 is 17.9 Å². The van der Waals surface area contributed by atoms with Gasteiger partial charge in [0.2, 0.25) is 0 Å². The maximum absolute atomic E-state index is 12.9. The molecule has 3 rings (SSSR count). The Kier molecular flexibility index (Phi) is 6.27. The quantitative estimate of drug-likeness (QED) is 0.564. The van der Waals surface area contributed by atoms with Crippen LogP contribution in [0.3, 0.4) is 0 Å². The molecule has 0 fully saturated rings. The molecule has 3 aromatic rings. The third-order valence-corrected chi connectivity index (χ3v) is 4.69. The number of rotatable bonds is 6. The molecule has 2 aromatic carbocycles. The van der Waals surface area contributed by atoms with E-state index in [0.717, 1.165) is 17.7 Å². The molecule has 1 aromatic heterocycles. The van der Waals surface area contributed by atoms with Gasteiger partial charge in [-0.05, 0) is 48.7 Å². The van der Waals surface area contributed by atoms with Crippen molar-refractivity contribution in [1.82, 2.24) is 9.97 Å². The Bertz CT molecular complexity index is 1050. The Hall–Kier alpha value is -2.80. The molecule has 0 spiro atoms. The molecule has 0 aliphatic rings. The molecule has 1 N–H and O–H groups in total. The van der Waals surface area contributed by atoms with Crippen LogP contribution in [0.2, 0.25) is 5.02 Å². The molecule has 0 atom stereocenters. The molecular formula is C21H18ClF3N2O2. The largest absolute Gasteiger partial charge is 0.457 e. The van der Waals surface area contributed by atoms with Gasteiger partial charge in [-0.25, -0.2) is 0 Å². The molecule has 1 heterocycles. The summed E-state index contributed by atoms with van der Waals surface area (Å²) in [5.41, 5.74) is 0.466. The number of ether oxygens (including phenoxy) is 1. The van der Waals surface area contributed by atoms with Gasteiger partial charge in [0.1, 0.15) is 17.3 Å². The van der Waals surface area contributed by atoms with Crippen LogP contribution in [0.1, 0.15) is 29.4 Å². The van der Waals surface area contributed by atoms with E-state index in [2.05, 4.69) is 9.97 Å². The summed E-state index contributed by atoms with van der Waals surface area (Å²) in [7, 11) is 0. The number of benzene rings is 2. The van der Waals surface area contributed by atoms with E-state index in [1.54, 1.807) is 18.3 Å². The lowest BCUT2D eigenvalue weighted by Crippen LogP contribution is -2.16. The first-order valence-electron chi connectivity index (χ1n) is 8.97. The van der Waals surface area contributed by atoms with Crippen molar-refractivity contribution in [1.29, 1.82) is 0 Å². The molecule has 0 aliphatic carbocycles. The molecule has 0 bridgehead atoms. The average Bonchev–Trinajstić information content (AvgIpc) is 2.68. The first-order valence-corrected chi connectivity index (χ1v) is 9.35. The Balaban J connectivity index is 1.65. The van der Waals surface area contributed by atoms with E-state index < -0.39 is 11.7 Å². The maximum Gasteiger partial charge on any atom is 0.417 e. The van der Waals surface area contributed by atoms with Crippen molar-refractivity contribution in [2.45, 2.75) is 32.4 Å². The molecular weight excluding hydrogens is 405 g/mol. The van der Waals surface area contributed by atoms with E-state index in [1.807, 2.05) is 19.1 Å². The van der Waals surface area contributed by atoms with Crippen LogP contribution in [0.5, 0.6) is 11.5 Å². The molecule has 0 unspecified atom stereocenters. The summed E-state index contributed by atoms with van der Waals surface area (Å²) in [5.74, 6) is 1.06. The van der Waals surface area contributed by atoms with Crippen molar-refractivity contribution in [2.75, 3.05) is 0 Å². The van der Waals surface area contributed by atoms with Gasteiger partial charge in [0.15, 0.2) is 0 Å². The van der Waals surface area contributed by atoms with Crippen molar-refractivity contribution >= 4 is 11.6 Å². The van der Waals surface area contributed by atoms with E-state index in [0.29, 0.717) is 36.4 Å². The highest BCUT2D eigenvalue weighted by molar-refractivity contribution is 6.31. The van der Waals surface area contributed by atoms with E-state index in [4.69, 9.17) is 16.3 Å². The number of alkyl halides is 3. The summed E-state index contributed by atoms with van der Waals surface area (Å²) < 4.78 is 44.3. The topological polar surface area (TPSA) is 55.0 Å². The van der Waals surface area contributed by atoms with Gasteiger partial charge in [-0.2, -0.15) is 18.2 Å². The first-order chi connectivity index (χ1) is 13.8. The van der Waals surface area contributed by atoms with E-state index in [1.165, 1.54) is 6.07 Å². The zero-order chi connectivity index (χ0) is 21.0. The second-order valence-corrected chi connectivity index (χ2v) is 6.82. The average molecular weight is 423 g/mol. The van der Waals surface area contributed by atoms with Gasteiger partial charge in [0.25, 0.3) is 5.56 Å². The SMILES string of the molecule is CCc1c[nH]c(CCc2ccc(Oc3ccc(Cl)c(C(F)(F)F)c3)cc2)nc1=O. The van der Waals surface area contributed by atoms with Gasteiger partial charge in [-0.3, -0.25) is 4.79 Å². The minimum Gasteiger partial charge on any atom is -0.457 e. The number of aromatic nitrogens is 2. The smallest absolute Gasteiger partial charge is 0.417 e. The Morgan fingerprint density at radius 1 is 1.07 bits per heavy atom. The van der Waals surface area contributed by atoms with Gasteiger partial charge < -0.3 is 9.72 Å². The fraction of sp³-hybridized carbons (Fsp3) is 0.238. The lowest BCUT2D eigenvalue weighted by Gasteiger charge is -2.12. The van der Waals surface area contributed by atoms with Crippen LogP contribution in [-0.4, -0.2) is 9.97 Å². The number of H-pyrrole nitrogens is 1. The molecule has 0 saturated heterocycles. The minimum atomic E-state index is -4.55. The number of hydrogen-bond acceptors (Lipinski definition) is 3. The highest BCUT2D eigenvalue weighted by atomic mass is 35.5. The molecule has 152 valence electrons. The summed E-state index contributed by atoms with van der Waals surface area (Å²) in [6.45, 7) is 1.89. The number of aromatic amines is 1. The standard InChI is InChI=1S/C21H18ClF3N2O2/c1-2-14-12-26-19(27-20(14)28)10-5-13-3-6-15(7-4-13)29-16-8-9-18(22)17(11-16)21(23,24)25/h3-4,6-9,11-12H,2,5,10H2,1H3,(H,26,27,28). The lowest BCUT2D eigenvalue weighted by molar-refractivity contribution is -0.137. The highest BCUT2D eigenvalue weighted by Gasteiger charge is 2.33. The minimum absolute atomic E-state index is 0.0484. The predicted molar refractivity (Wildman–Crippen MR) is 105 cm³/mol. The Morgan fingerprint density at radius 2 is 1.76 bits per heavy atom. The molecule has 0 saturated carbocycles. The van der Waals surface area contributed by atoms with Crippen molar-refractivity contribution in [3.8, 4) is 11.5 Å². The zero-order valence-corrected chi connectivity index (χ0v) is 16.3. The van der Waals surface area contributed by atoms with Crippen LogP contribution >= 0.6 is 11.6 Å². The van der Waals surface area contributed by atoms with Crippen LogP contribution in [0.4, 0.5) is 13.2 Å². The van der Waals surface area contributed by atoms with Crippen LogP contribution < -0.4 is 10.3 Å². The third kappa shape index (κ3) is 5.38. The number of aryl methyl sites for hydroxylation is 3. The second kappa shape index (κ2) is 8.69. The first kappa shape index (κ1) is 20.9. The number of nitrogens with zero attached hydrogens (tertiary/aromatic N) is 1. The van der Waals surface area contributed by atoms with Crippen LogP contribution in [-0.2, 0) is 25.4 Å². The number of hydrogen-bond donors (Lipinski definition) is 1. The fourth-order valence-corrected chi connectivity index (χ4v) is 2.97. The van der Waals surface area contributed by atoms with E-state index in [9.17, 15) is 18.0 Å². The van der Waals surface area contributed by atoms with Crippen LogP contribution in [0.25, 0.3) is 0 Å². The Morgan fingerprint density at radius 3 is 2.38 bits per heavy atom. The summed E-state index contributed by atoms with van der Waals surface area (Å²) in [4.78, 5) is 18.8. The fourth-order valence-electron chi connectivity index (χ4n) is 2.75. The maximum atomic E-state index is 12.9. The summed E-state index contributed by atoms with van der Waals surface area (Å²) in [5, 5.41) is -0.376. The molecule has 4 nitrogen and oxygen atoms in total. The molecule has 0 amide bonds. The van der Waals surface area contributed by atoms with Crippen molar-refractivity contribution in [2.24, 2.45) is 0 Å². The van der Waals surface area contributed by atoms with E-state index >= 15 is 0 Å². The van der Waals surface area contributed by atoms with Crippen molar-refractivity contribution in [3.63, 3.8) is 0 Å². The Labute approximate surface area is 170 Å². The lowest BCUT2D eigenvalue weighted by atomic mass is 10.1. The third-order valence-electron chi connectivity index (χ3n) is 4.36. The second-order valence-electron chi connectivity index (χ2n) is 6.42. The van der Waals surface area contributed by atoms with E-state index in [-0.39, 0.29) is 16.3 Å². The van der Waals surface area contributed by atoms with Gasteiger partial charge in [-0.1, -0.05) is 30.7 Å². The van der Waals surface area contributed by atoms with Crippen LogP contribution in [0.15, 0.2) is 53.5 Å². The molecule has 29 heavy (non-hydrogen) atoms. The van der Waals surface area contributed by atoms with Gasteiger partial charge in [0, 0.05) is 18.2 Å². The number of nitrogens with one attached hydrogen (secondary N) is 1. The van der Waals surface area contributed by atoms with Gasteiger partial charge in [0.05, 0.1) is 10.6 Å². The van der Waals surface area contributed by atoms with Crippen LogP contribution in [0, 0.1) is 0 Å². The summed E-state index contributed by atoms with van der Waals surface area (Å²) in [6.07, 6.45) is -1.03. The summed E-state index contributed by atoms with van der Waals surface area (Å²) >= 11 is 5.61. The monoisotopic (exact) mass is 422 g/mol. The molecule has 0 radical (unpaired) electrons. The molecule has 0 aliphatic heterocycles. The normalized spacial score (nSPS) is 11.5. The number of halogens is 4. The van der Waals surface area contributed by atoms with Gasteiger partial charge >= 0.3 is 6.18 Å². The zero-order valence-electron chi connectivity index (χ0n) is 15.5. The predicted octanol–water partition coefficient (Wildman–Crippen LogP) is 5.58. The highest BCUT2D eigenvalue weighted by Crippen LogP contribution is 2.37. The summed E-state index contributed by atoms with van der Waals surface area (Å²) in [6, 6.07) is 10.4. The van der Waals surface area contributed by atoms with Crippen molar-refractivity contribution in [3.05, 3.63) is 86.6 Å². The molecule has 8 heteroatoms. The van der Waals surface area contributed by atoms with Gasteiger partial charge in [-0.15, -0.1) is 0 Å².